The molecule has 2 aromatic rings. The molecule has 6 heteroatoms. The number of nitrogens with one attached hydrogen (secondary N) is 2. The zero-order valence-electron chi connectivity index (χ0n) is 11.2. The second-order valence-corrected chi connectivity index (χ2v) is 4.96. The third-order valence-corrected chi connectivity index (χ3v) is 3.18. The number of hydrogen-bond donors (Lipinski definition) is 3. The molecule has 0 aliphatic heterocycles. The molecule has 20 heavy (non-hydrogen) atoms. The van der Waals surface area contributed by atoms with E-state index < -0.39 is 0 Å². The number of carbonyl (C=O) groups excluding carboxylic acids is 1. The molecule has 0 atom stereocenters. The molecular formula is C14H17ClN4O. The molecule has 0 aliphatic carbocycles. The van der Waals surface area contributed by atoms with Gasteiger partial charge in [-0.2, -0.15) is 5.10 Å². The van der Waals surface area contributed by atoms with Gasteiger partial charge in [0.15, 0.2) is 5.69 Å². The first kappa shape index (κ1) is 14.4. The van der Waals surface area contributed by atoms with Crippen LogP contribution in [0, 0.1) is 0 Å². The number of benzene rings is 1. The second kappa shape index (κ2) is 6.43. The Morgan fingerprint density at radius 2 is 2.30 bits per heavy atom. The molecule has 0 aliphatic rings. The number of anilines is 1. The number of aromatic nitrogens is 2. The van der Waals surface area contributed by atoms with Gasteiger partial charge >= 0.3 is 0 Å². The highest BCUT2D eigenvalue weighted by atomic mass is 35.5. The number of halogens is 1. The Bertz CT molecular complexity index is 609. The Morgan fingerprint density at radius 3 is 3.00 bits per heavy atom. The van der Waals surface area contributed by atoms with Crippen LogP contribution in [0.1, 0.15) is 35.1 Å². The van der Waals surface area contributed by atoms with Crippen molar-refractivity contribution in [3.63, 3.8) is 0 Å². The van der Waals surface area contributed by atoms with Gasteiger partial charge in [-0.25, -0.2) is 0 Å². The molecule has 1 heterocycles. The molecule has 0 saturated carbocycles. The normalized spacial score (nSPS) is 10.5. The molecular weight excluding hydrogens is 276 g/mol. The summed E-state index contributed by atoms with van der Waals surface area (Å²) in [7, 11) is 0. The molecule has 0 spiro atoms. The Balaban J connectivity index is 2.02. The Morgan fingerprint density at radius 1 is 1.50 bits per heavy atom. The Labute approximate surface area is 122 Å². The average Bonchev–Trinajstić information content (AvgIpc) is 2.78. The van der Waals surface area contributed by atoms with Gasteiger partial charge in [0.2, 0.25) is 0 Å². The summed E-state index contributed by atoms with van der Waals surface area (Å²) in [5.41, 5.74) is 8.31. The lowest BCUT2D eigenvalue weighted by Gasteiger charge is -2.04. The molecule has 106 valence electrons. The summed E-state index contributed by atoms with van der Waals surface area (Å²) in [5, 5.41) is 10.2. The molecule has 1 amide bonds. The highest BCUT2D eigenvalue weighted by Gasteiger charge is 2.16. The quantitative estimate of drug-likeness (QED) is 0.792. The molecule has 0 unspecified atom stereocenters. The van der Waals surface area contributed by atoms with Crippen molar-refractivity contribution in [3.05, 3.63) is 46.2 Å². The minimum Gasteiger partial charge on any atom is -0.395 e. The van der Waals surface area contributed by atoms with Crippen molar-refractivity contribution in [1.82, 2.24) is 15.5 Å². The van der Waals surface area contributed by atoms with Gasteiger partial charge in [0.1, 0.15) is 0 Å². The van der Waals surface area contributed by atoms with Crippen LogP contribution in [0.2, 0.25) is 5.02 Å². The zero-order chi connectivity index (χ0) is 14.5. The number of H-pyrrole nitrogens is 1. The molecule has 0 saturated heterocycles. The van der Waals surface area contributed by atoms with Gasteiger partial charge < -0.3 is 11.1 Å². The van der Waals surface area contributed by atoms with Gasteiger partial charge in [-0.3, -0.25) is 9.89 Å². The number of aromatic amines is 1. The van der Waals surface area contributed by atoms with Gasteiger partial charge in [0, 0.05) is 11.6 Å². The third-order valence-electron chi connectivity index (χ3n) is 2.94. The first-order valence-electron chi connectivity index (χ1n) is 6.47. The van der Waals surface area contributed by atoms with E-state index in [1.165, 1.54) is 0 Å². The van der Waals surface area contributed by atoms with Crippen molar-refractivity contribution in [2.24, 2.45) is 0 Å². The maximum absolute atomic E-state index is 12.0. The summed E-state index contributed by atoms with van der Waals surface area (Å²) in [6, 6.07) is 7.32. The molecule has 4 N–H and O–H groups in total. The largest absolute Gasteiger partial charge is 0.395 e. The SMILES string of the molecule is CCCc1[nH]nc(C(=O)NCc2cccc(Cl)c2)c1N. The van der Waals surface area contributed by atoms with Gasteiger partial charge in [-0.15, -0.1) is 0 Å². The lowest BCUT2D eigenvalue weighted by molar-refractivity contribution is 0.0947. The van der Waals surface area contributed by atoms with Crippen LogP contribution in [0.25, 0.3) is 0 Å². The van der Waals surface area contributed by atoms with Gasteiger partial charge in [-0.05, 0) is 24.1 Å². The molecule has 1 aromatic carbocycles. The predicted molar refractivity (Wildman–Crippen MR) is 79.6 cm³/mol. The summed E-state index contributed by atoms with van der Waals surface area (Å²) in [4.78, 5) is 12.0. The van der Waals surface area contributed by atoms with Crippen LogP contribution in [0.3, 0.4) is 0 Å². The Kier molecular flexibility index (Phi) is 4.63. The summed E-state index contributed by atoms with van der Waals surface area (Å²) < 4.78 is 0. The summed E-state index contributed by atoms with van der Waals surface area (Å²) >= 11 is 5.89. The van der Waals surface area contributed by atoms with E-state index in [-0.39, 0.29) is 11.6 Å². The number of nitrogens with zero attached hydrogens (tertiary/aromatic N) is 1. The maximum Gasteiger partial charge on any atom is 0.274 e. The van der Waals surface area contributed by atoms with E-state index in [0.717, 1.165) is 24.1 Å². The minimum absolute atomic E-state index is 0.246. The van der Waals surface area contributed by atoms with Crippen molar-refractivity contribution < 1.29 is 4.79 Å². The summed E-state index contributed by atoms with van der Waals surface area (Å²) in [6.45, 7) is 2.42. The van der Waals surface area contributed by atoms with E-state index in [9.17, 15) is 4.79 Å². The fraction of sp³-hybridized carbons (Fsp3) is 0.286. The highest BCUT2D eigenvalue weighted by Crippen LogP contribution is 2.16. The van der Waals surface area contributed by atoms with Gasteiger partial charge in [-0.1, -0.05) is 37.1 Å². The van der Waals surface area contributed by atoms with Crippen molar-refractivity contribution >= 4 is 23.2 Å². The fourth-order valence-electron chi connectivity index (χ4n) is 1.91. The molecule has 0 radical (unpaired) electrons. The van der Waals surface area contributed by atoms with E-state index in [1.54, 1.807) is 12.1 Å². The number of aryl methyl sites for hydroxylation is 1. The van der Waals surface area contributed by atoms with Crippen LogP contribution in [0.5, 0.6) is 0 Å². The zero-order valence-corrected chi connectivity index (χ0v) is 12.0. The second-order valence-electron chi connectivity index (χ2n) is 4.53. The number of carbonyl (C=O) groups is 1. The fourth-order valence-corrected chi connectivity index (χ4v) is 2.13. The van der Waals surface area contributed by atoms with Crippen LogP contribution in [-0.2, 0) is 13.0 Å². The van der Waals surface area contributed by atoms with Crippen LogP contribution < -0.4 is 11.1 Å². The predicted octanol–water partition coefficient (Wildman–Crippen LogP) is 2.53. The Hall–Kier alpha value is -2.01. The first-order chi connectivity index (χ1) is 9.61. The number of nitrogens with two attached hydrogens (primary N) is 1. The van der Waals surface area contributed by atoms with Crippen molar-refractivity contribution in [3.8, 4) is 0 Å². The number of amides is 1. The molecule has 5 nitrogen and oxygen atoms in total. The maximum atomic E-state index is 12.0. The van der Waals surface area contributed by atoms with Crippen LogP contribution in [0.4, 0.5) is 5.69 Å². The van der Waals surface area contributed by atoms with Gasteiger partial charge in [0.25, 0.3) is 5.91 Å². The van der Waals surface area contributed by atoms with E-state index in [2.05, 4.69) is 15.5 Å². The van der Waals surface area contributed by atoms with Crippen molar-refractivity contribution in [1.29, 1.82) is 0 Å². The van der Waals surface area contributed by atoms with E-state index >= 15 is 0 Å². The summed E-state index contributed by atoms with van der Waals surface area (Å²) in [5.74, 6) is -0.291. The van der Waals surface area contributed by atoms with Gasteiger partial charge in [0.05, 0.1) is 11.4 Å². The smallest absolute Gasteiger partial charge is 0.274 e. The van der Waals surface area contributed by atoms with E-state index in [0.29, 0.717) is 17.3 Å². The van der Waals surface area contributed by atoms with Crippen molar-refractivity contribution in [2.75, 3.05) is 5.73 Å². The van der Waals surface area contributed by atoms with E-state index in [4.69, 9.17) is 17.3 Å². The average molecular weight is 293 g/mol. The lowest BCUT2D eigenvalue weighted by Crippen LogP contribution is -2.24. The number of hydrogen-bond acceptors (Lipinski definition) is 3. The highest BCUT2D eigenvalue weighted by molar-refractivity contribution is 6.30. The third kappa shape index (κ3) is 3.30. The van der Waals surface area contributed by atoms with Crippen molar-refractivity contribution in [2.45, 2.75) is 26.3 Å². The van der Waals surface area contributed by atoms with Crippen LogP contribution in [-0.4, -0.2) is 16.1 Å². The molecule has 2 rings (SSSR count). The number of nitrogen functional groups attached to an aromatic ring is 1. The molecule has 1 aromatic heterocycles. The number of rotatable bonds is 5. The molecule has 0 bridgehead atoms. The minimum atomic E-state index is -0.291. The first-order valence-corrected chi connectivity index (χ1v) is 6.85. The van der Waals surface area contributed by atoms with E-state index in [1.807, 2.05) is 19.1 Å². The topological polar surface area (TPSA) is 83.8 Å². The lowest BCUT2D eigenvalue weighted by atomic mass is 10.2. The molecule has 0 fully saturated rings. The van der Waals surface area contributed by atoms with Crippen LogP contribution in [0.15, 0.2) is 24.3 Å². The standard InChI is InChI=1S/C14H17ClN4O/c1-2-4-11-12(16)13(19-18-11)14(20)17-8-9-5-3-6-10(15)7-9/h3,5-7H,2,4,8,16H2,1H3,(H,17,20)(H,18,19). The van der Waals surface area contributed by atoms with Crippen LogP contribution >= 0.6 is 11.6 Å². The monoisotopic (exact) mass is 292 g/mol. The summed E-state index contributed by atoms with van der Waals surface area (Å²) in [6.07, 6.45) is 1.72.